The largest absolute Gasteiger partial charge is 0.323 e. The van der Waals surface area contributed by atoms with Gasteiger partial charge in [0.15, 0.2) is 0 Å². The number of nitrogens with zero attached hydrogens (tertiary/aromatic N) is 1. The SMILES string of the molecule is CCCC1NC(CC)N(C(C)CC2CC2)C1=O. The van der Waals surface area contributed by atoms with Crippen LogP contribution >= 0.6 is 0 Å². The molecule has 0 radical (unpaired) electrons. The van der Waals surface area contributed by atoms with Gasteiger partial charge >= 0.3 is 0 Å². The lowest BCUT2D eigenvalue weighted by Gasteiger charge is -2.30. The fraction of sp³-hybridized carbons (Fsp3) is 0.929. The highest BCUT2D eigenvalue weighted by atomic mass is 16.2. The van der Waals surface area contributed by atoms with Gasteiger partial charge in [0, 0.05) is 6.04 Å². The zero-order chi connectivity index (χ0) is 12.4. The number of carbonyl (C=O) groups is 1. The molecule has 3 unspecified atom stereocenters. The first-order valence-electron chi connectivity index (χ1n) is 7.25. The van der Waals surface area contributed by atoms with Crippen molar-refractivity contribution in [1.29, 1.82) is 0 Å². The average Bonchev–Trinajstić information content (AvgIpc) is 3.04. The molecule has 0 bridgehead atoms. The molecule has 2 rings (SSSR count). The van der Waals surface area contributed by atoms with E-state index in [1.54, 1.807) is 0 Å². The summed E-state index contributed by atoms with van der Waals surface area (Å²) in [6.45, 7) is 6.53. The van der Waals surface area contributed by atoms with Crippen LogP contribution in [0.4, 0.5) is 0 Å². The van der Waals surface area contributed by atoms with Crippen LogP contribution in [0, 0.1) is 5.92 Å². The quantitative estimate of drug-likeness (QED) is 0.771. The molecule has 0 aromatic carbocycles. The second-order valence-corrected chi connectivity index (χ2v) is 5.71. The molecule has 3 heteroatoms. The monoisotopic (exact) mass is 238 g/mol. The maximum absolute atomic E-state index is 12.4. The molecule has 2 aliphatic rings. The highest BCUT2D eigenvalue weighted by molar-refractivity contribution is 5.84. The fourth-order valence-corrected chi connectivity index (χ4v) is 3.00. The van der Waals surface area contributed by atoms with E-state index in [1.165, 1.54) is 19.3 Å². The molecule has 0 spiro atoms. The topological polar surface area (TPSA) is 32.3 Å². The normalized spacial score (nSPS) is 31.0. The van der Waals surface area contributed by atoms with Gasteiger partial charge in [0.2, 0.25) is 5.91 Å². The molecule has 1 saturated carbocycles. The minimum atomic E-state index is 0.0756. The first-order valence-corrected chi connectivity index (χ1v) is 7.25. The molecule has 1 aliphatic carbocycles. The van der Waals surface area contributed by atoms with Gasteiger partial charge in [-0.15, -0.1) is 0 Å². The highest BCUT2D eigenvalue weighted by Crippen LogP contribution is 2.35. The predicted molar refractivity (Wildman–Crippen MR) is 69.6 cm³/mol. The van der Waals surface area contributed by atoms with Crippen molar-refractivity contribution in [1.82, 2.24) is 10.2 Å². The first-order chi connectivity index (χ1) is 8.17. The molecule has 1 N–H and O–H groups in total. The second kappa shape index (κ2) is 5.38. The Morgan fingerprint density at radius 2 is 2.12 bits per heavy atom. The minimum Gasteiger partial charge on any atom is -0.323 e. The summed E-state index contributed by atoms with van der Waals surface area (Å²) < 4.78 is 0. The van der Waals surface area contributed by atoms with E-state index < -0.39 is 0 Å². The Hall–Kier alpha value is -0.570. The van der Waals surface area contributed by atoms with Crippen molar-refractivity contribution in [3.8, 4) is 0 Å². The van der Waals surface area contributed by atoms with Gasteiger partial charge in [0.05, 0.1) is 12.2 Å². The molecule has 17 heavy (non-hydrogen) atoms. The van der Waals surface area contributed by atoms with E-state index in [0.29, 0.717) is 11.9 Å². The molecule has 1 amide bonds. The molecule has 1 saturated heterocycles. The Kier molecular flexibility index (Phi) is 4.08. The van der Waals surface area contributed by atoms with Crippen LogP contribution in [0.1, 0.15) is 59.3 Å². The van der Waals surface area contributed by atoms with Crippen LogP contribution in [0.2, 0.25) is 0 Å². The van der Waals surface area contributed by atoms with E-state index in [2.05, 4.69) is 31.0 Å². The molecular formula is C14H26N2O. The number of nitrogens with one attached hydrogen (secondary N) is 1. The Balaban J connectivity index is 1.98. The number of rotatable bonds is 6. The van der Waals surface area contributed by atoms with Crippen LogP contribution < -0.4 is 5.32 Å². The first kappa shape index (κ1) is 12.9. The van der Waals surface area contributed by atoms with Crippen molar-refractivity contribution >= 4 is 5.91 Å². The van der Waals surface area contributed by atoms with E-state index in [9.17, 15) is 4.79 Å². The molecule has 0 aromatic rings. The smallest absolute Gasteiger partial charge is 0.241 e. The van der Waals surface area contributed by atoms with Crippen LogP contribution in [-0.2, 0) is 4.79 Å². The zero-order valence-electron chi connectivity index (χ0n) is 11.4. The van der Waals surface area contributed by atoms with Gasteiger partial charge < -0.3 is 4.90 Å². The van der Waals surface area contributed by atoms with Crippen molar-refractivity contribution in [3.05, 3.63) is 0 Å². The van der Waals surface area contributed by atoms with Crippen LogP contribution in [-0.4, -0.2) is 29.1 Å². The van der Waals surface area contributed by atoms with Crippen molar-refractivity contribution in [2.75, 3.05) is 0 Å². The molecule has 0 aromatic heterocycles. The molecule has 1 aliphatic heterocycles. The Bertz CT molecular complexity index is 275. The molecule has 3 atom stereocenters. The van der Waals surface area contributed by atoms with Crippen molar-refractivity contribution in [3.63, 3.8) is 0 Å². The van der Waals surface area contributed by atoms with E-state index in [-0.39, 0.29) is 12.2 Å². The van der Waals surface area contributed by atoms with E-state index in [1.807, 2.05) is 0 Å². The van der Waals surface area contributed by atoms with Crippen molar-refractivity contribution in [2.24, 2.45) is 5.92 Å². The number of hydrogen-bond donors (Lipinski definition) is 1. The summed E-state index contributed by atoms with van der Waals surface area (Å²) in [6.07, 6.45) is 7.27. The summed E-state index contributed by atoms with van der Waals surface area (Å²) >= 11 is 0. The molecular weight excluding hydrogens is 212 g/mol. The Morgan fingerprint density at radius 1 is 1.41 bits per heavy atom. The zero-order valence-corrected chi connectivity index (χ0v) is 11.4. The third-order valence-corrected chi connectivity index (χ3v) is 4.09. The maximum Gasteiger partial charge on any atom is 0.241 e. The third-order valence-electron chi connectivity index (χ3n) is 4.09. The minimum absolute atomic E-state index is 0.0756. The number of hydrogen-bond acceptors (Lipinski definition) is 2. The Labute approximate surface area is 105 Å². The van der Waals surface area contributed by atoms with Gasteiger partial charge in [0.25, 0.3) is 0 Å². The van der Waals surface area contributed by atoms with Gasteiger partial charge in [-0.25, -0.2) is 0 Å². The van der Waals surface area contributed by atoms with Crippen LogP contribution in [0.5, 0.6) is 0 Å². The summed E-state index contributed by atoms with van der Waals surface area (Å²) in [5, 5.41) is 3.49. The predicted octanol–water partition coefficient (Wildman–Crippen LogP) is 2.51. The molecule has 1 heterocycles. The Morgan fingerprint density at radius 3 is 2.65 bits per heavy atom. The summed E-state index contributed by atoms with van der Waals surface area (Å²) in [6, 6.07) is 0.487. The maximum atomic E-state index is 12.4. The van der Waals surface area contributed by atoms with Gasteiger partial charge in [-0.05, 0) is 32.1 Å². The van der Waals surface area contributed by atoms with E-state index >= 15 is 0 Å². The average molecular weight is 238 g/mol. The van der Waals surface area contributed by atoms with Gasteiger partial charge in [-0.1, -0.05) is 33.1 Å². The van der Waals surface area contributed by atoms with Gasteiger partial charge in [0.1, 0.15) is 0 Å². The number of carbonyl (C=O) groups excluding carboxylic acids is 1. The molecule has 3 nitrogen and oxygen atoms in total. The third kappa shape index (κ3) is 2.82. The van der Waals surface area contributed by atoms with Crippen molar-refractivity contribution < 1.29 is 4.79 Å². The van der Waals surface area contributed by atoms with Gasteiger partial charge in [-0.2, -0.15) is 0 Å². The van der Waals surface area contributed by atoms with E-state index in [4.69, 9.17) is 0 Å². The van der Waals surface area contributed by atoms with Crippen LogP contribution in [0.3, 0.4) is 0 Å². The molecule has 2 fully saturated rings. The molecule has 98 valence electrons. The summed E-state index contributed by atoms with van der Waals surface area (Å²) in [7, 11) is 0. The lowest BCUT2D eigenvalue weighted by molar-refractivity contribution is -0.132. The second-order valence-electron chi connectivity index (χ2n) is 5.71. The summed E-state index contributed by atoms with van der Waals surface area (Å²) in [5.41, 5.74) is 0. The number of amides is 1. The highest BCUT2D eigenvalue weighted by Gasteiger charge is 2.40. The lowest BCUT2D eigenvalue weighted by Crippen LogP contribution is -2.43. The standard InChI is InChI=1S/C14H26N2O/c1-4-6-12-14(17)16(13(5-2)15-12)10(3)9-11-7-8-11/h10-13,15H,4-9H2,1-3H3. The summed E-state index contributed by atoms with van der Waals surface area (Å²) in [5.74, 6) is 1.23. The van der Waals surface area contributed by atoms with Gasteiger partial charge in [-0.3, -0.25) is 10.1 Å². The van der Waals surface area contributed by atoms with Crippen LogP contribution in [0.15, 0.2) is 0 Å². The van der Waals surface area contributed by atoms with Crippen molar-refractivity contribution in [2.45, 2.75) is 77.5 Å². The lowest BCUT2D eigenvalue weighted by atomic mass is 10.1. The van der Waals surface area contributed by atoms with Crippen LogP contribution in [0.25, 0.3) is 0 Å². The summed E-state index contributed by atoms with van der Waals surface area (Å²) in [4.78, 5) is 14.5. The fourth-order valence-electron chi connectivity index (χ4n) is 3.00. The van der Waals surface area contributed by atoms with E-state index in [0.717, 1.165) is 25.2 Å².